The number of carbonyl (C=O) groups excluding carboxylic acids is 1. The maximum atomic E-state index is 11.2. The second-order valence-corrected chi connectivity index (χ2v) is 7.55. The molecule has 1 aromatic rings. The monoisotopic (exact) mass is 359 g/mol. The lowest BCUT2D eigenvalue weighted by atomic mass is 9.94. The van der Waals surface area contributed by atoms with Crippen LogP contribution in [0.1, 0.15) is 31.2 Å². The van der Waals surface area contributed by atoms with Crippen LogP contribution in [0.2, 0.25) is 0 Å². The summed E-state index contributed by atoms with van der Waals surface area (Å²) in [6, 6.07) is 8.66. The van der Waals surface area contributed by atoms with Crippen molar-refractivity contribution in [3.63, 3.8) is 0 Å². The summed E-state index contributed by atoms with van der Waals surface area (Å²) >= 11 is 0. The highest BCUT2D eigenvalue weighted by atomic mass is 16.5. The van der Waals surface area contributed by atoms with Crippen LogP contribution < -0.4 is 10.2 Å². The molecule has 0 saturated carbocycles. The molecule has 1 N–H and O–H groups in total. The number of aryl methyl sites for hydroxylation is 1. The molecule has 0 radical (unpaired) electrons. The van der Waals surface area contributed by atoms with Crippen LogP contribution in [0.5, 0.6) is 0 Å². The summed E-state index contributed by atoms with van der Waals surface area (Å²) < 4.78 is 4.70. The van der Waals surface area contributed by atoms with Crippen LogP contribution >= 0.6 is 0 Å². The molecule has 2 heterocycles. The molecule has 0 aliphatic carbocycles. The highest BCUT2D eigenvalue weighted by Gasteiger charge is 2.19. The Bertz CT molecular complexity index is 547. The number of benzene rings is 1. The number of esters is 1. The van der Waals surface area contributed by atoms with Crippen molar-refractivity contribution in [2.24, 2.45) is 5.92 Å². The van der Waals surface area contributed by atoms with Crippen molar-refractivity contribution in [1.82, 2.24) is 10.2 Å². The van der Waals surface area contributed by atoms with Crippen LogP contribution in [0.4, 0.5) is 5.69 Å². The van der Waals surface area contributed by atoms with Crippen molar-refractivity contribution in [2.45, 2.75) is 32.1 Å². The lowest BCUT2D eigenvalue weighted by Crippen LogP contribution is -2.47. The average molecular weight is 360 g/mol. The van der Waals surface area contributed by atoms with Gasteiger partial charge in [-0.25, -0.2) is 0 Å². The number of piperidine rings is 1. The van der Waals surface area contributed by atoms with Gasteiger partial charge in [0, 0.05) is 38.3 Å². The van der Waals surface area contributed by atoms with E-state index in [1.807, 2.05) is 0 Å². The van der Waals surface area contributed by atoms with Gasteiger partial charge in [0.15, 0.2) is 0 Å². The molecule has 144 valence electrons. The fourth-order valence-electron chi connectivity index (χ4n) is 3.99. The van der Waals surface area contributed by atoms with Gasteiger partial charge >= 0.3 is 5.97 Å². The molecule has 5 heteroatoms. The van der Waals surface area contributed by atoms with Crippen LogP contribution in [0.15, 0.2) is 24.3 Å². The molecular formula is C21H33N3O2. The molecule has 0 spiro atoms. The van der Waals surface area contributed by atoms with Gasteiger partial charge < -0.3 is 15.0 Å². The second kappa shape index (κ2) is 9.93. The largest absolute Gasteiger partial charge is 0.469 e. The van der Waals surface area contributed by atoms with Crippen molar-refractivity contribution in [3.8, 4) is 0 Å². The first-order valence-corrected chi connectivity index (χ1v) is 10.1. The molecule has 0 amide bonds. The van der Waals surface area contributed by atoms with E-state index in [-0.39, 0.29) is 5.97 Å². The minimum atomic E-state index is -0.144. The lowest BCUT2D eigenvalue weighted by Gasteiger charge is -2.37. The van der Waals surface area contributed by atoms with Crippen molar-refractivity contribution in [3.05, 3.63) is 29.8 Å². The van der Waals surface area contributed by atoms with E-state index in [0.29, 0.717) is 6.42 Å². The predicted molar refractivity (Wildman–Crippen MR) is 106 cm³/mol. The molecule has 5 nitrogen and oxygen atoms in total. The Kier molecular flexibility index (Phi) is 7.32. The minimum absolute atomic E-state index is 0.144. The third-order valence-corrected chi connectivity index (χ3v) is 5.83. The Balaban J connectivity index is 1.39. The lowest BCUT2D eigenvalue weighted by molar-refractivity contribution is -0.140. The summed E-state index contributed by atoms with van der Waals surface area (Å²) in [5.74, 6) is 0.779. The summed E-state index contributed by atoms with van der Waals surface area (Å²) in [7, 11) is 1.44. The SMILES string of the molecule is COC(=O)CCc1ccc(N2CCN(CCC3CCNCC3)CC2)cc1. The van der Waals surface area contributed by atoms with Gasteiger partial charge in [0.05, 0.1) is 7.11 Å². The summed E-state index contributed by atoms with van der Waals surface area (Å²) in [5, 5.41) is 3.45. The zero-order chi connectivity index (χ0) is 18.2. The average Bonchev–Trinajstić information content (AvgIpc) is 2.72. The fourth-order valence-corrected chi connectivity index (χ4v) is 3.99. The molecule has 2 saturated heterocycles. The van der Waals surface area contributed by atoms with Crippen molar-refractivity contribution in [1.29, 1.82) is 0 Å². The van der Waals surface area contributed by atoms with Crippen molar-refractivity contribution >= 4 is 11.7 Å². The summed E-state index contributed by atoms with van der Waals surface area (Å²) in [4.78, 5) is 16.4. The summed E-state index contributed by atoms with van der Waals surface area (Å²) in [6.07, 6.45) is 5.25. The first kappa shape index (κ1) is 19.2. The fraction of sp³-hybridized carbons (Fsp3) is 0.667. The number of methoxy groups -OCH3 is 1. The summed E-state index contributed by atoms with van der Waals surface area (Å²) in [6.45, 7) is 8.19. The smallest absolute Gasteiger partial charge is 0.305 e. The van der Waals surface area contributed by atoms with Gasteiger partial charge in [0.25, 0.3) is 0 Å². The first-order valence-electron chi connectivity index (χ1n) is 10.1. The Hall–Kier alpha value is -1.59. The molecule has 2 aliphatic heterocycles. The van der Waals surface area contributed by atoms with Crippen LogP contribution in [0.3, 0.4) is 0 Å². The van der Waals surface area contributed by atoms with Gasteiger partial charge in [-0.3, -0.25) is 9.69 Å². The number of carbonyl (C=O) groups is 1. The Morgan fingerprint density at radius 3 is 2.46 bits per heavy atom. The molecule has 0 aromatic heterocycles. The van der Waals surface area contributed by atoms with E-state index in [9.17, 15) is 4.79 Å². The van der Waals surface area contributed by atoms with Gasteiger partial charge in [-0.05, 0) is 68.9 Å². The van der Waals surface area contributed by atoms with E-state index < -0.39 is 0 Å². The van der Waals surface area contributed by atoms with Crippen LogP contribution in [0, 0.1) is 5.92 Å². The van der Waals surface area contributed by atoms with Crippen molar-refractivity contribution < 1.29 is 9.53 Å². The van der Waals surface area contributed by atoms with Gasteiger partial charge in [0.2, 0.25) is 0 Å². The highest BCUT2D eigenvalue weighted by Crippen LogP contribution is 2.20. The number of hydrogen-bond donors (Lipinski definition) is 1. The molecule has 2 aliphatic rings. The molecule has 0 unspecified atom stereocenters. The molecule has 1 aromatic carbocycles. The maximum Gasteiger partial charge on any atom is 0.305 e. The van der Waals surface area contributed by atoms with Gasteiger partial charge in [-0.2, -0.15) is 0 Å². The number of nitrogens with zero attached hydrogens (tertiary/aromatic N) is 2. The van der Waals surface area contributed by atoms with Crippen LogP contribution in [-0.2, 0) is 16.0 Å². The Morgan fingerprint density at radius 2 is 1.81 bits per heavy atom. The molecule has 0 atom stereocenters. The quantitative estimate of drug-likeness (QED) is 0.757. The molecule has 3 rings (SSSR count). The van der Waals surface area contributed by atoms with E-state index in [1.54, 1.807) is 0 Å². The predicted octanol–water partition coefficient (Wildman–Crippen LogP) is 2.30. The van der Waals surface area contributed by atoms with Gasteiger partial charge in [-0.15, -0.1) is 0 Å². The van der Waals surface area contributed by atoms with Crippen LogP contribution in [0.25, 0.3) is 0 Å². The number of anilines is 1. The minimum Gasteiger partial charge on any atom is -0.469 e. The molecule has 2 fully saturated rings. The molecular weight excluding hydrogens is 326 g/mol. The number of ether oxygens (including phenoxy) is 1. The maximum absolute atomic E-state index is 11.2. The normalized spacial score (nSPS) is 19.5. The first-order chi connectivity index (χ1) is 12.7. The van der Waals surface area contributed by atoms with Crippen molar-refractivity contribution in [2.75, 3.05) is 57.8 Å². The van der Waals surface area contributed by atoms with E-state index in [4.69, 9.17) is 4.74 Å². The third kappa shape index (κ3) is 5.71. The van der Waals surface area contributed by atoms with E-state index in [0.717, 1.165) is 38.5 Å². The van der Waals surface area contributed by atoms with E-state index in [2.05, 4.69) is 39.4 Å². The zero-order valence-electron chi connectivity index (χ0n) is 16.1. The van der Waals surface area contributed by atoms with E-state index in [1.165, 1.54) is 57.3 Å². The number of nitrogens with one attached hydrogen (secondary N) is 1. The number of piperazine rings is 1. The third-order valence-electron chi connectivity index (χ3n) is 5.83. The Morgan fingerprint density at radius 1 is 1.12 bits per heavy atom. The van der Waals surface area contributed by atoms with Crippen LogP contribution in [-0.4, -0.2) is 63.8 Å². The number of hydrogen-bond acceptors (Lipinski definition) is 5. The van der Waals surface area contributed by atoms with Gasteiger partial charge in [-0.1, -0.05) is 12.1 Å². The summed E-state index contributed by atoms with van der Waals surface area (Å²) in [5.41, 5.74) is 2.49. The second-order valence-electron chi connectivity index (χ2n) is 7.55. The topological polar surface area (TPSA) is 44.8 Å². The molecule has 0 bridgehead atoms. The Labute approximate surface area is 157 Å². The zero-order valence-corrected chi connectivity index (χ0v) is 16.1. The van der Waals surface area contributed by atoms with Gasteiger partial charge in [0.1, 0.15) is 0 Å². The van der Waals surface area contributed by atoms with E-state index >= 15 is 0 Å². The molecule has 26 heavy (non-hydrogen) atoms. The number of rotatable bonds is 7. The highest BCUT2D eigenvalue weighted by molar-refractivity contribution is 5.69. The standard InChI is InChI=1S/C21H33N3O2/c1-26-21(25)7-4-18-2-5-20(6-3-18)24-16-14-23(15-17-24)13-10-19-8-11-22-12-9-19/h2-3,5-6,19,22H,4,7-17H2,1H3.